The maximum absolute atomic E-state index is 5.77. The molecule has 0 aliphatic rings. The Labute approximate surface area is 110 Å². The van der Waals surface area contributed by atoms with Crippen LogP contribution in [0, 0.1) is 0 Å². The lowest BCUT2D eigenvalue weighted by Crippen LogP contribution is -2.16. The maximum atomic E-state index is 5.77. The van der Waals surface area contributed by atoms with E-state index in [2.05, 4.69) is 30.3 Å². The van der Waals surface area contributed by atoms with Crippen LogP contribution >= 0.6 is 11.9 Å². The number of unbranched alkanes of at least 4 members (excludes halogenated alkanes) is 2. The van der Waals surface area contributed by atoms with Crippen LogP contribution in [0.15, 0.2) is 24.3 Å². The van der Waals surface area contributed by atoms with Crippen LogP contribution in [0.1, 0.15) is 38.7 Å². The third-order valence-corrected chi connectivity index (χ3v) is 4.00. The molecule has 0 radical (unpaired) electrons. The molecule has 1 aromatic rings. The van der Waals surface area contributed by atoms with Gasteiger partial charge in [0.2, 0.25) is 0 Å². The molecule has 0 aromatic heterocycles. The molecular weight excluding hydrogens is 228 g/mol. The first-order valence-electron chi connectivity index (χ1n) is 6.48. The van der Waals surface area contributed by atoms with Gasteiger partial charge in [0.1, 0.15) is 0 Å². The van der Waals surface area contributed by atoms with Crippen LogP contribution in [0.25, 0.3) is 0 Å². The van der Waals surface area contributed by atoms with E-state index in [1.54, 1.807) is 0 Å². The zero-order valence-corrected chi connectivity index (χ0v) is 11.8. The summed E-state index contributed by atoms with van der Waals surface area (Å²) in [4.78, 5) is 0. The summed E-state index contributed by atoms with van der Waals surface area (Å²) in [5.41, 5.74) is 7.94. The van der Waals surface area contributed by atoms with Crippen molar-refractivity contribution >= 4 is 17.6 Å². The molecule has 0 bridgehead atoms. The van der Waals surface area contributed by atoms with Gasteiger partial charge < -0.3 is 5.73 Å². The van der Waals surface area contributed by atoms with E-state index >= 15 is 0 Å². The number of nitrogen functional groups attached to an aromatic ring is 1. The molecule has 1 rings (SSSR count). The molecule has 2 nitrogen and oxygen atoms in total. The molecule has 3 heteroatoms. The highest BCUT2D eigenvalue weighted by Gasteiger charge is 2.03. The summed E-state index contributed by atoms with van der Waals surface area (Å²) in [5.74, 6) is 1.02. The molecular formula is C14H24N2S. The Morgan fingerprint density at radius 1 is 1.24 bits per heavy atom. The van der Waals surface area contributed by atoms with E-state index in [-0.39, 0.29) is 0 Å². The highest BCUT2D eigenvalue weighted by atomic mass is 32.2. The summed E-state index contributed by atoms with van der Waals surface area (Å²) in [7, 11) is 0. The van der Waals surface area contributed by atoms with Crippen LogP contribution in [-0.2, 0) is 5.75 Å². The molecule has 0 unspecified atom stereocenters. The third kappa shape index (κ3) is 5.99. The number of nitrogens with two attached hydrogens (primary N) is 1. The quantitative estimate of drug-likeness (QED) is 0.432. The number of benzene rings is 1. The second-order valence-electron chi connectivity index (χ2n) is 4.25. The van der Waals surface area contributed by atoms with Gasteiger partial charge in [-0.2, -0.15) is 0 Å². The van der Waals surface area contributed by atoms with E-state index in [9.17, 15) is 0 Å². The van der Waals surface area contributed by atoms with Crippen molar-refractivity contribution in [2.24, 2.45) is 0 Å². The SMILES string of the molecule is CCCCCN(CC)SCc1cccc(N)c1. The minimum absolute atomic E-state index is 0.858. The van der Waals surface area contributed by atoms with E-state index in [1.807, 2.05) is 24.1 Å². The molecule has 17 heavy (non-hydrogen) atoms. The molecule has 2 N–H and O–H groups in total. The first kappa shape index (κ1) is 14.4. The molecule has 96 valence electrons. The summed E-state index contributed by atoms with van der Waals surface area (Å²) < 4.78 is 2.44. The van der Waals surface area contributed by atoms with Crippen LogP contribution < -0.4 is 5.73 Å². The van der Waals surface area contributed by atoms with Gasteiger partial charge in [-0.3, -0.25) is 4.31 Å². The second kappa shape index (κ2) is 8.43. The summed E-state index contributed by atoms with van der Waals surface area (Å²) >= 11 is 1.91. The maximum Gasteiger partial charge on any atom is 0.0333 e. The Balaban J connectivity index is 2.31. The van der Waals surface area contributed by atoms with Crippen molar-refractivity contribution in [3.8, 4) is 0 Å². The molecule has 0 aliphatic heterocycles. The van der Waals surface area contributed by atoms with Gasteiger partial charge in [-0.1, -0.05) is 50.8 Å². The van der Waals surface area contributed by atoms with Gasteiger partial charge in [0.15, 0.2) is 0 Å². The molecule has 0 spiro atoms. The van der Waals surface area contributed by atoms with Crippen molar-refractivity contribution in [1.29, 1.82) is 0 Å². The van der Waals surface area contributed by atoms with Gasteiger partial charge >= 0.3 is 0 Å². The van der Waals surface area contributed by atoms with Crippen molar-refractivity contribution in [3.05, 3.63) is 29.8 Å². The van der Waals surface area contributed by atoms with Gasteiger partial charge in [-0.25, -0.2) is 0 Å². The normalized spacial score (nSPS) is 11.0. The summed E-state index contributed by atoms with van der Waals surface area (Å²) in [6.07, 6.45) is 3.92. The zero-order chi connectivity index (χ0) is 12.5. The van der Waals surface area contributed by atoms with Gasteiger partial charge in [0, 0.05) is 24.5 Å². The number of hydrogen-bond acceptors (Lipinski definition) is 3. The summed E-state index contributed by atoms with van der Waals surface area (Å²) in [6, 6.07) is 8.17. The smallest absolute Gasteiger partial charge is 0.0333 e. The second-order valence-corrected chi connectivity index (χ2v) is 5.31. The third-order valence-electron chi connectivity index (χ3n) is 2.73. The Bertz CT molecular complexity index is 315. The van der Waals surface area contributed by atoms with Crippen molar-refractivity contribution in [1.82, 2.24) is 4.31 Å². The van der Waals surface area contributed by atoms with Crippen LogP contribution in [0.2, 0.25) is 0 Å². The zero-order valence-electron chi connectivity index (χ0n) is 11.0. The van der Waals surface area contributed by atoms with Gasteiger partial charge in [0.05, 0.1) is 0 Å². The monoisotopic (exact) mass is 252 g/mol. The number of hydrogen-bond donors (Lipinski definition) is 1. The average Bonchev–Trinajstić information content (AvgIpc) is 2.34. The van der Waals surface area contributed by atoms with Crippen LogP contribution in [0.4, 0.5) is 5.69 Å². The fourth-order valence-corrected chi connectivity index (χ4v) is 2.65. The average molecular weight is 252 g/mol. The fraction of sp³-hybridized carbons (Fsp3) is 0.571. The van der Waals surface area contributed by atoms with E-state index in [4.69, 9.17) is 5.73 Å². The summed E-state index contributed by atoms with van der Waals surface area (Å²) in [6.45, 7) is 6.77. The number of anilines is 1. The van der Waals surface area contributed by atoms with Crippen LogP contribution in [0.3, 0.4) is 0 Å². The van der Waals surface area contributed by atoms with Crippen molar-refractivity contribution in [2.45, 2.75) is 38.9 Å². The first-order chi connectivity index (χ1) is 8.26. The minimum Gasteiger partial charge on any atom is -0.399 e. The van der Waals surface area contributed by atoms with E-state index in [1.165, 1.54) is 31.4 Å². The minimum atomic E-state index is 0.858. The molecule has 0 aliphatic carbocycles. The Morgan fingerprint density at radius 2 is 2.06 bits per heavy atom. The highest BCUT2D eigenvalue weighted by Crippen LogP contribution is 2.19. The van der Waals surface area contributed by atoms with E-state index in [0.29, 0.717) is 0 Å². The molecule has 0 saturated heterocycles. The largest absolute Gasteiger partial charge is 0.399 e. The Kier molecular flexibility index (Phi) is 7.13. The number of rotatable bonds is 8. The van der Waals surface area contributed by atoms with Crippen LogP contribution in [0.5, 0.6) is 0 Å². The lowest BCUT2D eigenvalue weighted by Gasteiger charge is -2.19. The molecule has 0 saturated carbocycles. The summed E-state index contributed by atoms with van der Waals surface area (Å²) in [5, 5.41) is 0. The Hall–Kier alpha value is -0.670. The fourth-order valence-electron chi connectivity index (χ4n) is 1.70. The van der Waals surface area contributed by atoms with Crippen LogP contribution in [-0.4, -0.2) is 17.4 Å². The van der Waals surface area contributed by atoms with Gasteiger partial charge in [0.25, 0.3) is 0 Å². The topological polar surface area (TPSA) is 29.3 Å². The standard InChI is InChI=1S/C14H24N2S/c1-3-5-6-10-16(4-2)17-12-13-8-7-9-14(15)11-13/h7-9,11H,3-6,10,12,15H2,1-2H3. The Morgan fingerprint density at radius 3 is 2.71 bits per heavy atom. The lowest BCUT2D eigenvalue weighted by atomic mass is 10.2. The van der Waals surface area contributed by atoms with Crippen molar-refractivity contribution in [3.63, 3.8) is 0 Å². The highest BCUT2D eigenvalue weighted by molar-refractivity contribution is 7.96. The number of nitrogens with zero attached hydrogens (tertiary/aromatic N) is 1. The predicted molar refractivity (Wildman–Crippen MR) is 78.9 cm³/mol. The van der Waals surface area contributed by atoms with Crippen molar-refractivity contribution in [2.75, 3.05) is 18.8 Å². The molecule has 0 amide bonds. The van der Waals surface area contributed by atoms with E-state index in [0.717, 1.165) is 18.0 Å². The lowest BCUT2D eigenvalue weighted by molar-refractivity contribution is 0.470. The van der Waals surface area contributed by atoms with Crippen molar-refractivity contribution < 1.29 is 0 Å². The molecule has 0 heterocycles. The van der Waals surface area contributed by atoms with E-state index < -0.39 is 0 Å². The molecule has 0 fully saturated rings. The predicted octanol–water partition coefficient (Wildman–Crippen LogP) is 3.93. The first-order valence-corrected chi connectivity index (χ1v) is 7.42. The van der Waals surface area contributed by atoms with Gasteiger partial charge in [-0.05, 0) is 24.1 Å². The van der Waals surface area contributed by atoms with Gasteiger partial charge in [-0.15, -0.1) is 0 Å². The molecule has 1 aromatic carbocycles. The molecule has 0 atom stereocenters.